The van der Waals surface area contributed by atoms with Crippen molar-refractivity contribution >= 4 is 37.6 Å². The second-order valence-electron chi connectivity index (χ2n) is 7.29. The van der Waals surface area contributed by atoms with Gasteiger partial charge in [0.1, 0.15) is 11.5 Å². The molecule has 0 saturated heterocycles. The summed E-state index contributed by atoms with van der Waals surface area (Å²) in [5.41, 5.74) is 2.98. The first-order chi connectivity index (χ1) is 15.3. The zero-order chi connectivity index (χ0) is 21.0. The number of benzene rings is 3. The maximum atomic E-state index is 9.81. The van der Waals surface area contributed by atoms with Gasteiger partial charge < -0.3 is 15.2 Å². The fourth-order valence-electron chi connectivity index (χ4n) is 3.55. The van der Waals surface area contributed by atoms with Gasteiger partial charge in [-0.15, -0.1) is 0 Å². The van der Waals surface area contributed by atoms with E-state index >= 15 is 0 Å². The van der Waals surface area contributed by atoms with Crippen LogP contribution in [-0.2, 0) is 6.42 Å². The number of aromatic nitrogens is 2. The lowest BCUT2D eigenvalue weighted by atomic mass is 10.1. The Hall–Kier alpha value is -3.48. The molecular weight excluding hydrogens is 406 g/mol. The van der Waals surface area contributed by atoms with E-state index < -0.39 is 0 Å². The van der Waals surface area contributed by atoms with E-state index in [2.05, 4.69) is 27.4 Å². The number of thiazole rings is 1. The van der Waals surface area contributed by atoms with Crippen LogP contribution in [0.4, 0.5) is 5.13 Å². The highest BCUT2D eigenvalue weighted by atomic mass is 32.1. The van der Waals surface area contributed by atoms with E-state index in [-0.39, 0.29) is 12.6 Å². The van der Waals surface area contributed by atoms with Gasteiger partial charge in [-0.3, -0.25) is 4.98 Å². The minimum atomic E-state index is -0.0955. The van der Waals surface area contributed by atoms with Crippen LogP contribution in [0.2, 0.25) is 0 Å². The number of aliphatic hydroxyl groups excluding tert-OH is 1. The van der Waals surface area contributed by atoms with Gasteiger partial charge in [-0.05, 0) is 42.3 Å². The largest absolute Gasteiger partial charge is 0.457 e. The number of pyridine rings is 1. The molecule has 5 nitrogen and oxygen atoms in total. The Labute approximate surface area is 184 Å². The standard InChI is InChI=1S/C25H21N3O2S/c29-16-18(14-17-6-2-1-3-7-17)27-25-28-22-11-10-19(15-24(22)31-25)30-23-12-13-26-21-9-5-4-8-20(21)23/h1-13,15,18,29H,14,16H2,(H,27,28). The molecule has 1 atom stereocenters. The number of hydrogen-bond donors (Lipinski definition) is 2. The van der Waals surface area contributed by atoms with Gasteiger partial charge in [-0.1, -0.05) is 53.8 Å². The SMILES string of the molecule is OCC(Cc1ccccc1)Nc1nc2ccc(Oc3ccnc4ccccc34)cc2s1. The molecule has 2 N–H and O–H groups in total. The molecule has 0 spiro atoms. The lowest BCUT2D eigenvalue weighted by molar-refractivity contribution is 0.273. The van der Waals surface area contributed by atoms with Crippen molar-refractivity contribution in [3.8, 4) is 11.5 Å². The van der Waals surface area contributed by atoms with Gasteiger partial charge in [0.2, 0.25) is 0 Å². The maximum Gasteiger partial charge on any atom is 0.184 e. The van der Waals surface area contributed by atoms with Gasteiger partial charge in [0.05, 0.1) is 28.4 Å². The fraction of sp³-hybridized carbons (Fsp3) is 0.120. The molecule has 0 aliphatic rings. The minimum absolute atomic E-state index is 0.0360. The van der Waals surface area contributed by atoms with Crippen molar-refractivity contribution in [1.29, 1.82) is 0 Å². The first-order valence-corrected chi connectivity index (χ1v) is 10.9. The molecule has 0 aliphatic carbocycles. The van der Waals surface area contributed by atoms with Crippen LogP contribution in [0.3, 0.4) is 0 Å². The van der Waals surface area contributed by atoms with E-state index in [0.29, 0.717) is 0 Å². The van der Waals surface area contributed by atoms with Crippen molar-refractivity contribution < 1.29 is 9.84 Å². The van der Waals surface area contributed by atoms with Crippen LogP contribution < -0.4 is 10.1 Å². The monoisotopic (exact) mass is 427 g/mol. The van der Waals surface area contributed by atoms with Crippen molar-refractivity contribution in [2.45, 2.75) is 12.5 Å². The average Bonchev–Trinajstić information content (AvgIpc) is 3.21. The molecule has 0 saturated carbocycles. The molecule has 2 heterocycles. The van der Waals surface area contributed by atoms with E-state index in [0.717, 1.165) is 44.2 Å². The van der Waals surface area contributed by atoms with Crippen LogP contribution in [0.5, 0.6) is 11.5 Å². The summed E-state index contributed by atoms with van der Waals surface area (Å²) in [5, 5.41) is 14.9. The summed E-state index contributed by atoms with van der Waals surface area (Å²) in [6, 6.07) is 25.7. The Morgan fingerprint density at radius 3 is 2.65 bits per heavy atom. The number of anilines is 1. The molecular formula is C25H21N3O2S. The lowest BCUT2D eigenvalue weighted by Gasteiger charge is -2.15. The molecule has 154 valence electrons. The minimum Gasteiger partial charge on any atom is -0.457 e. The van der Waals surface area contributed by atoms with Gasteiger partial charge in [0, 0.05) is 17.6 Å². The normalized spacial score (nSPS) is 12.2. The number of aliphatic hydroxyl groups is 1. The second-order valence-corrected chi connectivity index (χ2v) is 8.32. The highest BCUT2D eigenvalue weighted by molar-refractivity contribution is 7.22. The van der Waals surface area contributed by atoms with Gasteiger partial charge in [0.25, 0.3) is 0 Å². The average molecular weight is 428 g/mol. The summed E-state index contributed by atoms with van der Waals surface area (Å²) in [4.78, 5) is 9.06. The van der Waals surface area contributed by atoms with Crippen molar-refractivity contribution in [1.82, 2.24) is 9.97 Å². The molecule has 5 rings (SSSR count). The molecule has 2 aromatic heterocycles. The van der Waals surface area contributed by atoms with Gasteiger partial charge in [-0.2, -0.15) is 0 Å². The molecule has 0 amide bonds. The van der Waals surface area contributed by atoms with E-state index in [1.807, 2.05) is 66.7 Å². The second kappa shape index (κ2) is 8.71. The molecule has 5 aromatic rings. The quantitative estimate of drug-likeness (QED) is 0.351. The molecule has 31 heavy (non-hydrogen) atoms. The number of nitrogens with one attached hydrogen (secondary N) is 1. The third-order valence-corrected chi connectivity index (χ3v) is 6.02. The van der Waals surface area contributed by atoms with Gasteiger partial charge >= 0.3 is 0 Å². The third kappa shape index (κ3) is 4.35. The summed E-state index contributed by atoms with van der Waals surface area (Å²) < 4.78 is 7.19. The summed E-state index contributed by atoms with van der Waals surface area (Å²) in [6.07, 6.45) is 2.49. The Kier molecular flexibility index (Phi) is 5.48. The highest BCUT2D eigenvalue weighted by Crippen LogP contribution is 2.33. The molecule has 1 unspecified atom stereocenters. The highest BCUT2D eigenvalue weighted by Gasteiger charge is 2.13. The van der Waals surface area contributed by atoms with Crippen LogP contribution in [0, 0.1) is 0 Å². The van der Waals surface area contributed by atoms with Gasteiger partial charge in [-0.25, -0.2) is 4.98 Å². The van der Waals surface area contributed by atoms with Gasteiger partial charge in [0.15, 0.2) is 5.13 Å². The molecule has 3 aromatic carbocycles. The summed E-state index contributed by atoms with van der Waals surface area (Å²) >= 11 is 1.55. The van der Waals surface area contributed by atoms with E-state index in [9.17, 15) is 5.11 Å². The Morgan fingerprint density at radius 2 is 1.77 bits per heavy atom. The van der Waals surface area contributed by atoms with E-state index in [4.69, 9.17) is 4.74 Å². The number of ether oxygens (including phenoxy) is 1. The maximum absolute atomic E-state index is 9.81. The predicted molar refractivity (Wildman–Crippen MR) is 126 cm³/mol. The molecule has 6 heteroatoms. The first-order valence-electron chi connectivity index (χ1n) is 10.1. The van der Waals surface area contributed by atoms with Crippen LogP contribution in [0.1, 0.15) is 5.56 Å². The number of hydrogen-bond acceptors (Lipinski definition) is 6. The predicted octanol–water partition coefficient (Wildman–Crippen LogP) is 5.65. The first kappa shape index (κ1) is 19.5. The van der Waals surface area contributed by atoms with E-state index in [1.54, 1.807) is 17.5 Å². The van der Waals surface area contributed by atoms with Crippen LogP contribution in [-0.4, -0.2) is 27.7 Å². The Bertz CT molecular complexity index is 1320. The summed E-state index contributed by atoms with van der Waals surface area (Å²) in [6.45, 7) is 0.0360. The van der Waals surface area contributed by atoms with Crippen LogP contribution >= 0.6 is 11.3 Å². The number of rotatable bonds is 7. The van der Waals surface area contributed by atoms with Crippen molar-refractivity contribution in [3.05, 3.63) is 90.6 Å². The topological polar surface area (TPSA) is 67.3 Å². The molecule has 0 aliphatic heterocycles. The molecule has 0 bridgehead atoms. The lowest BCUT2D eigenvalue weighted by Crippen LogP contribution is -2.26. The van der Waals surface area contributed by atoms with Crippen LogP contribution in [0.15, 0.2) is 85.1 Å². The van der Waals surface area contributed by atoms with E-state index in [1.165, 1.54) is 5.56 Å². The summed E-state index contributed by atoms with van der Waals surface area (Å²) in [7, 11) is 0. The Balaban J connectivity index is 1.36. The number of fused-ring (bicyclic) bond motifs is 2. The fourth-order valence-corrected chi connectivity index (χ4v) is 4.52. The Morgan fingerprint density at radius 1 is 0.935 bits per heavy atom. The zero-order valence-corrected chi connectivity index (χ0v) is 17.5. The summed E-state index contributed by atoms with van der Waals surface area (Å²) in [5.74, 6) is 1.53. The number of nitrogens with zero attached hydrogens (tertiary/aromatic N) is 2. The zero-order valence-electron chi connectivity index (χ0n) is 16.7. The molecule has 0 radical (unpaired) electrons. The smallest absolute Gasteiger partial charge is 0.184 e. The number of para-hydroxylation sites is 1. The van der Waals surface area contributed by atoms with Crippen molar-refractivity contribution in [2.75, 3.05) is 11.9 Å². The van der Waals surface area contributed by atoms with Crippen LogP contribution in [0.25, 0.3) is 21.1 Å². The van der Waals surface area contributed by atoms with Crippen molar-refractivity contribution in [3.63, 3.8) is 0 Å². The molecule has 0 fully saturated rings. The van der Waals surface area contributed by atoms with Crippen molar-refractivity contribution in [2.24, 2.45) is 0 Å². The third-order valence-electron chi connectivity index (χ3n) is 5.07.